The van der Waals surface area contributed by atoms with Crippen LogP contribution in [0.3, 0.4) is 0 Å². The van der Waals surface area contributed by atoms with Crippen molar-refractivity contribution in [3.05, 3.63) is 24.0 Å². The first kappa shape index (κ1) is 10.9. The van der Waals surface area contributed by atoms with Crippen molar-refractivity contribution in [2.24, 2.45) is 5.92 Å². The molecule has 1 saturated heterocycles. The van der Waals surface area contributed by atoms with Crippen LogP contribution in [0.15, 0.2) is 18.3 Å². The van der Waals surface area contributed by atoms with E-state index in [1.165, 1.54) is 0 Å². The number of pyridine rings is 1. The molecule has 2 rings (SSSR count). The fourth-order valence-corrected chi connectivity index (χ4v) is 2.30. The van der Waals surface area contributed by atoms with Crippen LogP contribution in [0, 0.1) is 17.2 Å². The number of aliphatic hydroxyl groups excluding tert-OH is 1. The minimum atomic E-state index is 0.108. The molecule has 0 radical (unpaired) electrons. The van der Waals surface area contributed by atoms with E-state index in [0.29, 0.717) is 11.6 Å². The second-order valence-electron chi connectivity index (χ2n) is 4.19. The average molecular weight is 217 g/mol. The standard InChI is InChI=1S/C12H15N3O/c1-9-4-6-15(12(9)8-16)11-3-2-5-14-10(11)7-13/h2-3,5,9,12,16H,4,6,8H2,1H3. The van der Waals surface area contributed by atoms with Gasteiger partial charge in [-0.1, -0.05) is 6.92 Å². The van der Waals surface area contributed by atoms with Gasteiger partial charge in [0.15, 0.2) is 5.69 Å². The zero-order chi connectivity index (χ0) is 11.5. The van der Waals surface area contributed by atoms with E-state index in [2.05, 4.69) is 22.9 Å². The predicted molar refractivity (Wildman–Crippen MR) is 61.0 cm³/mol. The summed E-state index contributed by atoms with van der Waals surface area (Å²) in [6.45, 7) is 3.14. The van der Waals surface area contributed by atoms with Crippen LogP contribution in [-0.2, 0) is 0 Å². The van der Waals surface area contributed by atoms with Crippen LogP contribution in [0.25, 0.3) is 0 Å². The molecule has 2 heterocycles. The molecule has 84 valence electrons. The van der Waals surface area contributed by atoms with E-state index in [1.54, 1.807) is 6.20 Å². The maximum atomic E-state index is 9.39. The summed E-state index contributed by atoms with van der Waals surface area (Å²) in [5.41, 5.74) is 1.28. The third-order valence-electron chi connectivity index (χ3n) is 3.27. The second kappa shape index (κ2) is 4.50. The van der Waals surface area contributed by atoms with E-state index < -0.39 is 0 Å². The van der Waals surface area contributed by atoms with Gasteiger partial charge >= 0.3 is 0 Å². The normalized spacial score (nSPS) is 24.4. The zero-order valence-corrected chi connectivity index (χ0v) is 9.30. The largest absolute Gasteiger partial charge is 0.394 e. The lowest BCUT2D eigenvalue weighted by molar-refractivity contribution is 0.244. The van der Waals surface area contributed by atoms with E-state index in [-0.39, 0.29) is 12.6 Å². The lowest BCUT2D eigenvalue weighted by atomic mass is 10.0. The highest BCUT2D eigenvalue weighted by Gasteiger charge is 2.31. The van der Waals surface area contributed by atoms with Crippen molar-refractivity contribution in [1.82, 2.24) is 4.98 Å². The first-order chi connectivity index (χ1) is 7.77. The van der Waals surface area contributed by atoms with Crippen LogP contribution in [0.5, 0.6) is 0 Å². The lowest BCUT2D eigenvalue weighted by Gasteiger charge is -2.27. The van der Waals surface area contributed by atoms with Gasteiger partial charge in [0.2, 0.25) is 0 Å². The van der Waals surface area contributed by atoms with Gasteiger partial charge in [0.05, 0.1) is 18.3 Å². The van der Waals surface area contributed by atoms with Gasteiger partial charge < -0.3 is 10.0 Å². The molecule has 0 amide bonds. The first-order valence-electron chi connectivity index (χ1n) is 5.50. The third kappa shape index (κ3) is 1.74. The molecule has 0 aromatic carbocycles. The van der Waals surface area contributed by atoms with Crippen molar-refractivity contribution < 1.29 is 5.11 Å². The van der Waals surface area contributed by atoms with E-state index in [4.69, 9.17) is 5.26 Å². The van der Waals surface area contributed by atoms with Crippen molar-refractivity contribution in [3.63, 3.8) is 0 Å². The maximum Gasteiger partial charge on any atom is 0.163 e. The summed E-state index contributed by atoms with van der Waals surface area (Å²) in [6, 6.07) is 5.93. The Morgan fingerprint density at radius 1 is 1.69 bits per heavy atom. The maximum absolute atomic E-state index is 9.39. The van der Waals surface area contributed by atoms with Crippen LogP contribution >= 0.6 is 0 Å². The van der Waals surface area contributed by atoms with E-state index >= 15 is 0 Å². The Balaban J connectivity index is 2.34. The van der Waals surface area contributed by atoms with Crippen LogP contribution in [-0.4, -0.2) is 29.3 Å². The monoisotopic (exact) mass is 217 g/mol. The summed E-state index contributed by atoms with van der Waals surface area (Å²) in [5.74, 6) is 0.455. The molecule has 0 spiro atoms. The molecule has 1 aromatic heterocycles. The predicted octanol–water partition coefficient (Wildman–Crippen LogP) is 1.16. The molecular weight excluding hydrogens is 202 g/mol. The minimum absolute atomic E-state index is 0.108. The quantitative estimate of drug-likeness (QED) is 0.807. The fraction of sp³-hybridized carbons (Fsp3) is 0.500. The first-order valence-corrected chi connectivity index (χ1v) is 5.50. The Kier molecular flexibility index (Phi) is 3.07. The lowest BCUT2D eigenvalue weighted by Crippen LogP contribution is -2.35. The van der Waals surface area contributed by atoms with Gasteiger partial charge in [0, 0.05) is 12.7 Å². The molecule has 0 aliphatic carbocycles. The number of nitriles is 1. The Morgan fingerprint density at radius 2 is 2.50 bits per heavy atom. The molecule has 1 fully saturated rings. The van der Waals surface area contributed by atoms with Crippen molar-refractivity contribution >= 4 is 5.69 Å². The number of hydrogen-bond acceptors (Lipinski definition) is 4. The number of aliphatic hydroxyl groups is 1. The number of aromatic nitrogens is 1. The topological polar surface area (TPSA) is 60.2 Å². The Labute approximate surface area is 95.1 Å². The molecule has 16 heavy (non-hydrogen) atoms. The number of nitrogens with zero attached hydrogens (tertiary/aromatic N) is 3. The van der Waals surface area contributed by atoms with Crippen LogP contribution in [0.4, 0.5) is 5.69 Å². The van der Waals surface area contributed by atoms with Crippen molar-refractivity contribution in [3.8, 4) is 6.07 Å². The SMILES string of the molecule is CC1CCN(c2cccnc2C#N)C1CO. The number of rotatable bonds is 2. The van der Waals surface area contributed by atoms with Crippen LogP contribution in [0.1, 0.15) is 19.0 Å². The Hall–Kier alpha value is -1.60. The van der Waals surface area contributed by atoms with Gasteiger partial charge in [-0.05, 0) is 24.5 Å². The van der Waals surface area contributed by atoms with Gasteiger partial charge in [-0.15, -0.1) is 0 Å². The number of anilines is 1. The Bertz CT molecular complexity index is 413. The van der Waals surface area contributed by atoms with E-state index in [0.717, 1.165) is 18.7 Å². The molecule has 2 unspecified atom stereocenters. The molecule has 1 aliphatic heterocycles. The highest BCUT2D eigenvalue weighted by Crippen LogP contribution is 2.30. The average Bonchev–Trinajstić information content (AvgIpc) is 2.70. The van der Waals surface area contributed by atoms with Gasteiger partial charge in [0.1, 0.15) is 6.07 Å². The van der Waals surface area contributed by atoms with Crippen LogP contribution in [0.2, 0.25) is 0 Å². The molecule has 4 heteroatoms. The highest BCUT2D eigenvalue weighted by atomic mass is 16.3. The molecule has 1 aliphatic rings. The molecular formula is C12H15N3O. The molecule has 0 bridgehead atoms. The van der Waals surface area contributed by atoms with Crippen molar-refractivity contribution in [1.29, 1.82) is 5.26 Å². The third-order valence-corrected chi connectivity index (χ3v) is 3.27. The highest BCUT2D eigenvalue weighted by molar-refractivity contribution is 5.57. The zero-order valence-electron chi connectivity index (χ0n) is 9.30. The fourth-order valence-electron chi connectivity index (χ4n) is 2.30. The van der Waals surface area contributed by atoms with Gasteiger partial charge in [-0.2, -0.15) is 5.26 Å². The molecule has 1 N–H and O–H groups in total. The Morgan fingerprint density at radius 3 is 3.19 bits per heavy atom. The summed E-state index contributed by atoms with van der Waals surface area (Å²) in [5, 5.41) is 18.4. The molecule has 4 nitrogen and oxygen atoms in total. The van der Waals surface area contributed by atoms with Crippen molar-refractivity contribution in [2.75, 3.05) is 18.1 Å². The van der Waals surface area contributed by atoms with Crippen LogP contribution < -0.4 is 4.90 Å². The summed E-state index contributed by atoms with van der Waals surface area (Å²) in [7, 11) is 0. The summed E-state index contributed by atoms with van der Waals surface area (Å²) in [6.07, 6.45) is 2.67. The second-order valence-corrected chi connectivity index (χ2v) is 4.19. The van der Waals surface area contributed by atoms with Gasteiger partial charge in [-0.25, -0.2) is 4.98 Å². The van der Waals surface area contributed by atoms with E-state index in [1.807, 2.05) is 12.1 Å². The van der Waals surface area contributed by atoms with E-state index in [9.17, 15) is 5.11 Å². The smallest absolute Gasteiger partial charge is 0.163 e. The van der Waals surface area contributed by atoms with Gasteiger partial charge in [0.25, 0.3) is 0 Å². The summed E-state index contributed by atoms with van der Waals surface area (Å²) < 4.78 is 0. The molecule has 1 aromatic rings. The number of hydrogen-bond donors (Lipinski definition) is 1. The molecule has 2 atom stereocenters. The van der Waals surface area contributed by atoms with Gasteiger partial charge in [-0.3, -0.25) is 0 Å². The summed E-state index contributed by atoms with van der Waals surface area (Å²) >= 11 is 0. The molecule has 0 saturated carbocycles. The summed E-state index contributed by atoms with van der Waals surface area (Å²) in [4.78, 5) is 6.14. The van der Waals surface area contributed by atoms with Crippen molar-refractivity contribution in [2.45, 2.75) is 19.4 Å². The minimum Gasteiger partial charge on any atom is -0.394 e.